The Balaban J connectivity index is 2.30. The van der Waals surface area contributed by atoms with Gasteiger partial charge in [-0.25, -0.2) is 4.79 Å². The van der Waals surface area contributed by atoms with Gasteiger partial charge < -0.3 is 10.1 Å². The molecule has 1 fully saturated rings. The summed E-state index contributed by atoms with van der Waals surface area (Å²) in [5.74, 6) is -1.66. The summed E-state index contributed by atoms with van der Waals surface area (Å²) in [5, 5.41) is 11.7. The number of nitrogens with one attached hydrogen (secondary N) is 1. The maximum Gasteiger partial charge on any atom is 0.329 e. The van der Waals surface area contributed by atoms with E-state index in [1.54, 1.807) is 6.92 Å². The number of halogens is 1. The van der Waals surface area contributed by atoms with Crippen molar-refractivity contribution in [3.8, 4) is 6.07 Å². The summed E-state index contributed by atoms with van der Waals surface area (Å²) in [6.45, 7) is 1.90. The second-order valence-electron chi connectivity index (χ2n) is 5.01. The fraction of sp³-hybridized carbons (Fsp3) is 0.571. The van der Waals surface area contributed by atoms with Crippen LogP contribution in [0.25, 0.3) is 0 Å². The molecule has 1 saturated heterocycles. The first-order valence-corrected chi connectivity index (χ1v) is 7.54. The second-order valence-corrected chi connectivity index (χ2v) is 5.28. The summed E-state index contributed by atoms with van der Waals surface area (Å²) >= 11 is 5.43. The molecule has 118 valence electrons. The molecule has 0 bridgehead atoms. The third-order valence-electron chi connectivity index (χ3n) is 3.70. The zero-order valence-electron chi connectivity index (χ0n) is 12.1. The van der Waals surface area contributed by atoms with Crippen molar-refractivity contribution in [2.24, 2.45) is 0 Å². The highest BCUT2D eigenvalue weighted by Crippen LogP contribution is 2.36. The van der Waals surface area contributed by atoms with E-state index in [0.717, 1.165) is 0 Å². The summed E-state index contributed by atoms with van der Waals surface area (Å²) in [7, 11) is 0. The van der Waals surface area contributed by atoms with Crippen LogP contribution in [0, 0.1) is 11.3 Å². The third kappa shape index (κ3) is 2.92. The SMILES string of the molecule is CCOC(=O)C1CCC2=C(C#N)CC(NC(=O)CCl)C(=O)N21. The Hall–Kier alpha value is -2.07. The number of hydrogen-bond donors (Lipinski definition) is 1. The van der Waals surface area contributed by atoms with E-state index >= 15 is 0 Å². The highest BCUT2D eigenvalue weighted by atomic mass is 35.5. The summed E-state index contributed by atoms with van der Waals surface area (Å²) < 4.78 is 4.98. The van der Waals surface area contributed by atoms with E-state index in [2.05, 4.69) is 11.4 Å². The van der Waals surface area contributed by atoms with Gasteiger partial charge >= 0.3 is 5.97 Å². The van der Waals surface area contributed by atoms with Crippen molar-refractivity contribution in [1.29, 1.82) is 5.26 Å². The van der Waals surface area contributed by atoms with Crippen LogP contribution in [0.4, 0.5) is 0 Å². The van der Waals surface area contributed by atoms with E-state index in [1.165, 1.54) is 4.90 Å². The van der Waals surface area contributed by atoms with E-state index in [0.29, 0.717) is 24.1 Å². The first kappa shape index (κ1) is 16.3. The molecule has 0 aliphatic carbocycles. The van der Waals surface area contributed by atoms with E-state index in [9.17, 15) is 19.6 Å². The average Bonchev–Trinajstić information content (AvgIpc) is 2.95. The third-order valence-corrected chi connectivity index (χ3v) is 3.94. The lowest BCUT2D eigenvalue weighted by Gasteiger charge is -2.33. The topological polar surface area (TPSA) is 99.5 Å². The van der Waals surface area contributed by atoms with E-state index in [4.69, 9.17) is 16.3 Å². The molecule has 2 aliphatic heterocycles. The minimum atomic E-state index is -0.875. The fourth-order valence-electron chi connectivity index (χ4n) is 2.79. The van der Waals surface area contributed by atoms with Gasteiger partial charge in [0.15, 0.2) is 0 Å². The fourth-order valence-corrected chi connectivity index (χ4v) is 2.87. The number of nitrogens with zero attached hydrogens (tertiary/aromatic N) is 2. The maximum absolute atomic E-state index is 12.6. The average molecular weight is 326 g/mol. The van der Waals surface area contributed by atoms with E-state index in [-0.39, 0.29) is 18.9 Å². The van der Waals surface area contributed by atoms with Crippen molar-refractivity contribution in [3.05, 3.63) is 11.3 Å². The number of carbonyl (C=O) groups is 3. The van der Waals surface area contributed by atoms with Crippen LogP contribution >= 0.6 is 11.6 Å². The Labute approximate surface area is 132 Å². The number of alkyl halides is 1. The van der Waals surface area contributed by atoms with Crippen LogP contribution in [0.3, 0.4) is 0 Å². The quantitative estimate of drug-likeness (QED) is 0.597. The summed E-state index contributed by atoms with van der Waals surface area (Å²) in [6, 6.07) is 0.448. The zero-order chi connectivity index (χ0) is 16.3. The van der Waals surface area contributed by atoms with Gasteiger partial charge in [-0.3, -0.25) is 14.5 Å². The van der Waals surface area contributed by atoms with Gasteiger partial charge in [0.25, 0.3) is 5.91 Å². The number of nitriles is 1. The number of allylic oxidation sites excluding steroid dienone is 1. The van der Waals surface area contributed by atoms with Crippen molar-refractivity contribution in [2.75, 3.05) is 12.5 Å². The molecule has 2 unspecified atom stereocenters. The van der Waals surface area contributed by atoms with Gasteiger partial charge in [-0.15, -0.1) is 11.6 Å². The van der Waals surface area contributed by atoms with Crippen molar-refractivity contribution >= 4 is 29.4 Å². The molecule has 0 saturated carbocycles. The highest BCUT2D eigenvalue weighted by molar-refractivity contribution is 6.27. The van der Waals surface area contributed by atoms with Crippen molar-refractivity contribution in [2.45, 2.75) is 38.3 Å². The lowest BCUT2D eigenvalue weighted by Crippen LogP contribution is -2.54. The molecule has 0 aromatic heterocycles. The summed E-state index contributed by atoms with van der Waals surface area (Å²) in [4.78, 5) is 37.3. The van der Waals surface area contributed by atoms with Gasteiger partial charge in [0.05, 0.1) is 18.2 Å². The molecule has 2 heterocycles. The van der Waals surface area contributed by atoms with Gasteiger partial charge in [-0.05, 0) is 19.8 Å². The number of rotatable bonds is 4. The predicted molar refractivity (Wildman–Crippen MR) is 76.4 cm³/mol. The molecule has 2 amide bonds. The van der Waals surface area contributed by atoms with Crippen LogP contribution in [-0.2, 0) is 19.1 Å². The Morgan fingerprint density at radius 1 is 1.55 bits per heavy atom. The smallest absolute Gasteiger partial charge is 0.329 e. The van der Waals surface area contributed by atoms with Crippen LogP contribution < -0.4 is 5.32 Å². The molecular formula is C14H16ClN3O4. The molecule has 1 N–H and O–H groups in total. The van der Waals surface area contributed by atoms with E-state index < -0.39 is 29.9 Å². The van der Waals surface area contributed by atoms with Crippen molar-refractivity contribution < 1.29 is 19.1 Å². The molecule has 0 aromatic rings. The lowest BCUT2D eigenvalue weighted by atomic mass is 9.98. The van der Waals surface area contributed by atoms with Gasteiger partial charge in [0.1, 0.15) is 18.0 Å². The molecule has 2 rings (SSSR count). The standard InChI is InChI=1S/C14H16ClN3O4/c1-2-22-14(21)11-4-3-10-8(7-16)5-9(13(20)18(10)11)17-12(19)6-15/h9,11H,2-6H2,1H3,(H,17,19). The Morgan fingerprint density at radius 3 is 2.86 bits per heavy atom. The van der Waals surface area contributed by atoms with Gasteiger partial charge in [-0.2, -0.15) is 5.26 Å². The normalized spacial score (nSPS) is 23.9. The second kappa shape index (κ2) is 6.79. The zero-order valence-corrected chi connectivity index (χ0v) is 12.9. The number of amides is 2. The Bertz CT molecular complexity index is 581. The molecule has 0 spiro atoms. The van der Waals surface area contributed by atoms with E-state index in [1.807, 2.05) is 0 Å². The van der Waals surface area contributed by atoms with Crippen LogP contribution in [0.1, 0.15) is 26.2 Å². The molecule has 7 nitrogen and oxygen atoms in total. The summed E-state index contributed by atoms with van der Waals surface area (Å²) in [5.41, 5.74) is 0.966. The molecule has 22 heavy (non-hydrogen) atoms. The van der Waals surface area contributed by atoms with Gasteiger partial charge in [0, 0.05) is 12.1 Å². The lowest BCUT2D eigenvalue weighted by molar-refractivity contribution is -0.153. The number of fused-ring (bicyclic) bond motifs is 1. The molecule has 8 heteroatoms. The highest BCUT2D eigenvalue weighted by Gasteiger charge is 2.45. The number of esters is 1. The number of carbonyl (C=O) groups excluding carboxylic acids is 3. The minimum absolute atomic E-state index is 0.124. The molecular weight excluding hydrogens is 310 g/mol. The van der Waals surface area contributed by atoms with Gasteiger partial charge in [-0.1, -0.05) is 0 Å². The van der Waals surface area contributed by atoms with Gasteiger partial charge in [0.2, 0.25) is 5.91 Å². The first-order valence-electron chi connectivity index (χ1n) is 7.00. The number of hydrogen-bond acceptors (Lipinski definition) is 5. The van der Waals surface area contributed by atoms with Crippen LogP contribution in [0.2, 0.25) is 0 Å². The summed E-state index contributed by atoms with van der Waals surface area (Å²) in [6.07, 6.45) is 1.01. The van der Waals surface area contributed by atoms with Crippen molar-refractivity contribution in [1.82, 2.24) is 10.2 Å². The minimum Gasteiger partial charge on any atom is -0.464 e. The maximum atomic E-state index is 12.6. The molecule has 2 aliphatic rings. The largest absolute Gasteiger partial charge is 0.464 e. The monoisotopic (exact) mass is 325 g/mol. The van der Waals surface area contributed by atoms with Crippen LogP contribution in [0.15, 0.2) is 11.3 Å². The van der Waals surface area contributed by atoms with Crippen LogP contribution in [-0.4, -0.2) is 47.3 Å². The predicted octanol–water partition coefficient (Wildman–Crippen LogP) is 0.445. The first-order chi connectivity index (χ1) is 10.5. The Morgan fingerprint density at radius 2 is 2.27 bits per heavy atom. The molecule has 0 aromatic carbocycles. The van der Waals surface area contributed by atoms with Crippen molar-refractivity contribution in [3.63, 3.8) is 0 Å². The molecule has 0 radical (unpaired) electrons. The Kier molecular flexibility index (Phi) is 5.03. The number of ether oxygens (including phenoxy) is 1. The van der Waals surface area contributed by atoms with Crippen LogP contribution in [0.5, 0.6) is 0 Å². The molecule has 2 atom stereocenters.